The second kappa shape index (κ2) is 15.0. The number of carbonyl (C=O) groups excluding carboxylic acids is 2. The highest BCUT2D eigenvalue weighted by Gasteiger charge is 2.34. The van der Waals surface area contributed by atoms with Gasteiger partial charge in [-0.3, -0.25) is 13.9 Å². The standard InChI is InChI=1S/C35H38ClN3O4S/c1-4-21-37-35(41)33(22-28-12-6-5-7-13-28)38(24-29-14-9-8-11-27(29)3)34(40)25-39(31-16-10-15-30(36)23-31)44(42,43)32-19-17-26(2)18-20-32/h5-20,23,33H,4,21-22,24-25H2,1-3H3,(H,37,41)/t33-/m0/s1. The van der Waals surface area contributed by atoms with Crippen LogP contribution in [0.2, 0.25) is 5.02 Å². The van der Waals surface area contributed by atoms with E-state index in [4.69, 9.17) is 11.6 Å². The van der Waals surface area contributed by atoms with E-state index >= 15 is 0 Å². The van der Waals surface area contributed by atoms with E-state index in [0.29, 0.717) is 11.6 Å². The highest BCUT2D eigenvalue weighted by atomic mass is 35.5. The molecule has 0 spiro atoms. The van der Waals surface area contributed by atoms with E-state index in [9.17, 15) is 18.0 Å². The summed E-state index contributed by atoms with van der Waals surface area (Å²) < 4.78 is 29.3. The Kier molecular flexibility index (Phi) is 11.2. The largest absolute Gasteiger partial charge is 0.354 e. The van der Waals surface area contributed by atoms with Crippen molar-refractivity contribution in [1.29, 1.82) is 0 Å². The molecule has 0 aliphatic carbocycles. The third-order valence-corrected chi connectivity index (χ3v) is 9.43. The number of carbonyl (C=O) groups is 2. The summed E-state index contributed by atoms with van der Waals surface area (Å²) in [6, 6.07) is 29.1. The molecular formula is C35H38ClN3O4S. The van der Waals surface area contributed by atoms with Crippen molar-refractivity contribution in [2.45, 2.75) is 51.1 Å². The molecule has 0 saturated carbocycles. The van der Waals surface area contributed by atoms with Crippen LogP contribution in [0.3, 0.4) is 0 Å². The minimum absolute atomic E-state index is 0.0443. The van der Waals surface area contributed by atoms with E-state index in [0.717, 1.165) is 33.0 Å². The lowest BCUT2D eigenvalue weighted by Gasteiger charge is -2.34. The van der Waals surface area contributed by atoms with Gasteiger partial charge in [0.05, 0.1) is 10.6 Å². The molecule has 2 amide bonds. The number of nitrogens with zero attached hydrogens (tertiary/aromatic N) is 2. The number of hydrogen-bond donors (Lipinski definition) is 1. The van der Waals surface area contributed by atoms with Gasteiger partial charge in [-0.1, -0.05) is 96.9 Å². The summed E-state index contributed by atoms with van der Waals surface area (Å²) in [6.07, 6.45) is 0.989. The number of amides is 2. The van der Waals surface area contributed by atoms with Crippen LogP contribution in [0, 0.1) is 13.8 Å². The first-order valence-electron chi connectivity index (χ1n) is 14.6. The van der Waals surface area contributed by atoms with Crippen molar-refractivity contribution in [3.63, 3.8) is 0 Å². The van der Waals surface area contributed by atoms with Crippen molar-refractivity contribution in [3.05, 3.63) is 130 Å². The van der Waals surface area contributed by atoms with E-state index in [1.807, 2.05) is 75.4 Å². The van der Waals surface area contributed by atoms with E-state index < -0.39 is 28.5 Å². The predicted octanol–water partition coefficient (Wildman–Crippen LogP) is 6.32. The van der Waals surface area contributed by atoms with Gasteiger partial charge in [0.15, 0.2) is 0 Å². The normalized spacial score (nSPS) is 11.9. The number of aryl methyl sites for hydroxylation is 2. The Morgan fingerprint density at radius 3 is 2.20 bits per heavy atom. The fraction of sp³-hybridized carbons (Fsp3) is 0.257. The average Bonchev–Trinajstić information content (AvgIpc) is 3.01. The van der Waals surface area contributed by atoms with Crippen LogP contribution in [0.15, 0.2) is 108 Å². The quantitative estimate of drug-likeness (QED) is 0.187. The van der Waals surface area contributed by atoms with Gasteiger partial charge >= 0.3 is 0 Å². The molecule has 4 aromatic carbocycles. The SMILES string of the molecule is CCCNC(=O)[C@H](Cc1ccccc1)N(Cc1ccccc1C)C(=O)CN(c1cccc(Cl)c1)S(=O)(=O)c1ccc(C)cc1. The van der Waals surface area contributed by atoms with Gasteiger partial charge in [0.1, 0.15) is 12.6 Å². The van der Waals surface area contributed by atoms with Gasteiger partial charge in [0, 0.05) is 24.5 Å². The minimum atomic E-state index is -4.19. The molecule has 44 heavy (non-hydrogen) atoms. The summed E-state index contributed by atoms with van der Waals surface area (Å²) in [4.78, 5) is 29.7. The second-order valence-corrected chi connectivity index (χ2v) is 13.0. The van der Waals surface area contributed by atoms with Gasteiger partial charge in [-0.2, -0.15) is 0 Å². The van der Waals surface area contributed by atoms with Gasteiger partial charge in [0.25, 0.3) is 10.0 Å². The van der Waals surface area contributed by atoms with Crippen molar-refractivity contribution in [2.75, 3.05) is 17.4 Å². The maximum absolute atomic E-state index is 14.5. The molecule has 7 nitrogen and oxygen atoms in total. The van der Waals surface area contributed by atoms with Crippen LogP contribution in [-0.4, -0.2) is 44.3 Å². The van der Waals surface area contributed by atoms with E-state index in [2.05, 4.69) is 5.32 Å². The molecule has 1 atom stereocenters. The zero-order valence-corrected chi connectivity index (χ0v) is 26.8. The Balaban J connectivity index is 1.80. The summed E-state index contributed by atoms with van der Waals surface area (Å²) in [5.41, 5.74) is 3.85. The van der Waals surface area contributed by atoms with Crippen molar-refractivity contribution in [2.24, 2.45) is 0 Å². The van der Waals surface area contributed by atoms with E-state index in [1.54, 1.807) is 30.3 Å². The Morgan fingerprint density at radius 1 is 0.864 bits per heavy atom. The number of hydrogen-bond acceptors (Lipinski definition) is 4. The first-order chi connectivity index (χ1) is 21.1. The number of halogens is 1. The van der Waals surface area contributed by atoms with Crippen LogP contribution < -0.4 is 9.62 Å². The predicted molar refractivity (Wildman–Crippen MR) is 176 cm³/mol. The van der Waals surface area contributed by atoms with E-state index in [-0.39, 0.29) is 29.5 Å². The summed E-state index contributed by atoms with van der Waals surface area (Å²) in [6.45, 7) is 5.82. The Labute approximate surface area is 265 Å². The maximum atomic E-state index is 14.5. The number of benzene rings is 4. The van der Waals surface area contributed by atoms with Crippen molar-refractivity contribution in [3.8, 4) is 0 Å². The molecule has 0 unspecified atom stereocenters. The van der Waals surface area contributed by atoms with Crippen LogP contribution in [0.25, 0.3) is 0 Å². The highest BCUT2D eigenvalue weighted by Crippen LogP contribution is 2.27. The first-order valence-corrected chi connectivity index (χ1v) is 16.4. The van der Waals surface area contributed by atoms with Crippen molar-refractivity contribution >= 4 is 39.1 Å². The summed E-state index contributed by atoms with van der Waals surface area (Å²) in [5.74, 6) is -0.815. The fourth-order valence-electron chi connectivity index (χ4n) is 4.89. The molecule has 0 aromatic heterocycles. The zero-order valence-electron chi connectivity index (χ0n) is 25.2. The Morgan fingerprint density at radius 2 is 1.55 bits per heavy atom. The third-order valence-electron chi connectivity index (χ3n) is 7.41. The molecule has 0 radical (unpaired) electrons. The van der Waals surface area contributed by atoms with Crippen molar-refractivity contribution in [1.82, 2.24) is 10.2 Å². The van der Waals surface area contributed by atoms with Gasteiger partial charge in [-0.05, 0) is 67.3 Å². The lowest BCUT2D eigenvalue weighted by molar-refractivity contribution is -0.140. The summed E-state index contributed by atoms with van der Waals surface area (Å²) in [7, 11) is -4.19. The molecule has 0 aliphatic heterocycles. The Bertz CT molecular complexity index is 1680. The maximum Gasteiger partial charge on any atom is 0.264 e. The highest BCUT2D eigenvalue weighted by molar-refractivity contribution is 7.92. The monoisotopic (exact) mass is 631 g/mol. The smallest absolute Gasteiger partial charge is 0.264 e. The van der Waals surface area contributed by atoms with Gasteiger partial charge in [0.2, 0.25) is 11.8 Å². The van der Waals surface area contributed by atoms with Gasteiger partial charge in [-0.15, -0.1) is 0 Å². The van der Waals surface area contributed by atoms with Crippen LogP contribution >= 0.6 is 11.6 Å². The molecule has 230 valence electrons. The van der Waals surface area contributed by atoms with E-state index in [1.165, 1.54) is 23.1 Å². The molecule has 0 heterocycles. The van der Waals surface area contributed by atoms with Crippen LogP contribution in [0.4, 0.5) is 5.69 Å². The first kappa shape index (κ1) is 32.8. The lowest BCUT2D eigenvalue weighted by atomic mass is 10.0. The van der Waals surface area contributed by atoms with Gasteiger partial charge < -0.3 is 10.2 Å². The average molecular weight is 632 g/mol. The third kappa shape index (κ3) is 8.27. The Hall–Kier alpha value is -4.14. The molecule has 0 bridgehead atoms. The molecule has 4 aromatic rings. The topological polar surface area (TPSA) is 86.8 Å². The minimum Gasteiger partial charge on any atom is -0.354 e. The fourth-order valence-corrected chi connectivity index (χ4v) is 6.48. The molecule has 4 rings (SSSR count). The second-order valence-electron chi connectivity index (χ2n) is 10.7. The number of rotatable bonds is 13. The number of sulfonamides is 1. The van der Waals surface area contributed by atoms with Crippen LogP contribution in [0.5, 0.6) is 0 Å². The van der Waals surface area contributed by atoms with Crippen LogP contribution in [-0.2, 0) is 32.6 Å². The van der Waals surface area contributed by atoms with Crippen molar-refractivity contribution < 1.29 is 18.0 Å². The summed E-state index contributed by atoms with van der Waals surface area (Å²) >= 11 is 6.29. The molecular weight excluding hydrogens is 594 g/mol. The molecule has 0 fully saturated rings. The van der Waals surface area contributed by atoms with Gasteiger partial charge in [-0.25, -0.2) is 8.42 Å². The zero-order chi connectivity index (χ0) is 31.7. The molecule has 9 heteroatoms. The summed E-state index contributed by atoms with van der Waals surface area (Å²) in [5, 5.41) is 3.29. The number of nitrogens with one attached hydrogen (secondary N) is 1. The molecule has 1 N–H and O–H groups in total. The molecule has 0 saturated heterocycles. The lowest BCUT2D eigenvalue weighted by Crippen LogP contribution is -2.53. The van der Waals surface area contributed by atoms with Crippen LogP contribution in [0.1, 0.15) is 35.6 Å². The number of anilines is 1. The molecule has 0 aliphatic rings.